The van der Waals surface area contributed by atoms with Gasteiger partial charge in [-0.2, -0.15) is 5.26 Å². The minimum absolute atomic E-state index is 0.0894. The molecule has 0 aromatic heterocycles. The predicted molar refractivity (Wildman–Crippen MR) is 63.0 cm³/mol. The van der Waals surface area contributed by atoms with Crippen molar-refractivity contribution in [1.29, 1.82) is 5.26 Å². The van der Waals surface area contributed by atoms with E-state index in [1.54, 1.807) is 13.0 Å². The van der Waals surface area contributed by atoms with Crippen molar-refractivity contribution >= 4 is 11.9 Å². The Balaban J connectivity index is 0. The van der Waals surface area contributed by atoms with Crippen molar-refractivity contribution in [3.05, 3.63) is 36.5 Å². The van der Waals surface area contributed by atoms with Crippen LogP contribution in [-0.2, 0) is 14.3 Å². The fourth-order valence-electron chi connectivity index (χ4n) is 0.515. The van der Waals surface area contributed by atoms with E-state index in [9.17, 15) is 9.59 Å². The lowest BCUT2D eigenvalue weighted by Crippen LogP contribution is -1.98. The lowest BCUT2D eigenvalue weighted by Gasteiger charge is -1.91. The topological polar surface area (TPSA) is 87.4 Å². The second-order valence-electron chi connectivity index (χ2n) is 2.92. The van der Waals surface area contributed by atoms with E-state index in [4.69, 9.17) is 10.4 Å². The summed E-state index contributed by atoms with van der Waals surface area (Å²) >= 11 is 0. The highest BCUT2D eigenvalue weighted by Gasteiger charge is 1.98. The Morgan fingerprint density at radius 2 is 2.00 bits per heavy atom. The molecule has 0 saturated carbocycles. The van der Waals surface area contributed by atoms with Crippen LogP contribution in [0.4, 0.5) is 0 Å². The molecule has 0 aliphatic rings. The first-order valence-electron chi connectivity index (χ1n) is 4.56. The molecule has 1 N–H and O–H groups in total. The third-order valence-electron chi connectivity index (χ3n) is 1.39. The number of nitriles is 1. The minimum atomic E-state index is -1.03. The van der Waals surface area contributed by atoms with Crippen LogP contribution in [0.1, 0.15) is 13.3 Å². The third kappa shape index (κ3) is 11.6. The Morgan fingerprint density at radius 3 is 2.24 bits per heavy atom. The van der Waals surface area contributed by atoms with Crippen LogP contribution in [0.15, 0.2) is 36.5 Å². The van der Waals surface area contributed by atoms with Crippen molar-refractivity contribution in [2.24, 2.45) is 0 Å². The number of nitrogens with zero attached hydrogens (tertiary/aromatic N) is 1. The molecule has 0 bridgehead atoms. The number of esters is 1. The zero-order valence-electron chi connectivity index (χ0n) is 9.90. The predicted octanol–water partition coefficient (Wildman–Crippen LogP) is 1.83. The third-order valence-corrected chi connectivity index (χ3v) is 1.39. The molecule has 5 heteroatoms. The maximum absolute atomic E-state index is 10.2. The van der Waals surface area contributed by atoms with Crippen LogP contribution in [-0.4, -0.2) is 24.2 Å². The first-order valence-corrected chi connectivity index (χ1v) is 4.56. The van der Waals surface area contributed by atoms with Crippen LogP contribution in [0.5, 0.6) is 0 Å². The van der Waals surface area contributed by atoms with Crippen LogP contribution >= 0.6 is 0 Å². The van der Waals surface area contributed by atoms with E-state index in [2.05, 4.69) is 17.9 Å². The first-order chi connectivity index (χ1) is 7.86. The Hall–Kier alpha value is -2.35. The molecule has 0 heterocycles. The molecule has 0 aliphatic heterocycles. The molecule has 0 atom stereocenters. The quantitative estimate of drug-likeness (QED) is 0.458. The number of carbonyl (C=O) groups excluding carboxylic acids is 1. The maximum atomic E-state index is 10.2. The number of ether oxygens (including phenoxy) is 1. The Morgan fingerprint density at radius 1 is 1.47 bits per heavy atom. The zero-order chi connectivity index (χ0) is 13.8. The summed E-state index contributed by atoms with van der Waals surface area (Å²) in [7, 11) is 1.33. The van der Waals surface area contributed by atoms with Gasteiger partial charge in [-0.15, -0.1) is 0 Å². The van der Waals surface area contributed by atoms with E-state index < -0.39 is 5.97 Å². The lowest BCUT2D eigenvalue weighted by molar-refractivity contribution is -0.136. The summed E-state index contributed by atoms with van der Waals surface area (Å²) in [4.78, 5) is 20.3. The summed E-state index contributed by atoms with van der Waals surface area (Å²) < 4.78 is 4.27. The van der Waals surface area contributed by atoms with Gasteiger partial charge >= 0.3 is 11.9 Å². The smallest absolute Gasteiger partial charge is 0.332 e. The zero-order valence-corrected chi connectivity index (χ0v) is 9.90. The minimum Gasteiger partial charge on any atom is -0.478 e. The van der Waals surface area contributed by atoms with Crippen LogP contribution < -0.4 is 0 Å². The van der Waals surface area contributed by atoms with Gasteiger partial charge in [0, 0.05) is 17.2 Å². The number of rotatable bonds is 4. The number of methoxy groups -OCH3 is 1. The highest BCUT2D eigenvalue weighted by Crippen LogP contribution is 1.97. The number of hydrogen-bond acceptors (Lipinski definition) is 4. The van der Waals surface area contributed by atoms with E-state index in [0.29, 0.717) is 5.57 Å². The number of allylic oxidation sites excluding steroid dienone is 2. The summed E-state index contributed by atoms with van der Waals surface area (Å²) in [5.41, 5.74) is 0.522. The van der Waals surface area contributed by atoms with Gasteiger partial charge in [0.2, 0.25) is 0 Å². The van der Waals surface area contributed by atoms with Crippen molar-refractivity contribution in [2.45, 2.75) is 13.3 Å². The fourth-order valence-corrected chi connectivity index (χ4v) is 0.515. The molecular weight excluding hydrogens is 222 g/mol. The number of carboxylic acid groups (broad SMARTS) is 1. The summed E-state index contributed by atoms with van der Waals surface area (Å²) in [6.07, 6.45) is 2.91. The van der Waals surface area contributed by atoms with Crippen LogP contribution in [0.25, 0.3) is 0 Å². The summed E-state index contributed by atoms with van der Waals surface area (Å²) in [6, 6.07) is 1.75. The van der Waals surface area contributed by atoms with Crippen LogP contribution in [0.3, 0.4) is 0 Å². The molecule has 0 aromatic rings. The first kappa shape index (κ1) is 17.1. The van der Waals surface area contributed by atoms with Gasteiger partial charge in [-0.3, -0.25) is 0 Å². The molecule has 0 spiro atoms. The Labute approximate surface area is 100 Å². The Bertz CT molecular complexity index is 374. The molecule has 0 fully saturated rings. The molecule has 92 valence electrons. The van der Waals surface area contributed by atoms with Gasteiger partial charge < -0.3 is 9.84 Å². The van der Waals surface area contributed by atoms with E-state index in [0.717, 1.165) is 0 Å². The monoisotopic (exact) mass is 237 g/mol. The standard InChI is InChI=1S/C7H7NO2.C5H8O2/c1-6(7(9)10)4-2-3-5-8;1-4(2)5(6)7-3/h2-3H,1,4H2,(H,9,10);1H2,2-3H3. The molecule has 0 unspecified atom stereocenters. The van der Waals surface area contributed by atoms with Crippen LogP contribution in [0.2, 0.25) is 0 Å². The van der Waals surface area contributed by atoms with E-state index in [1.807, 2.05) is 0 Å². The van der Waals surface area contributed by atoms with E-state index in [-0.39, 0.29) is 18.0 Å². The second-order valence-corrected chi connectivity index (χ2v) is 2.92. The van der Waals surface area contributed by atoms with Crippen molar-refractivity contribution in [3.8, 4) is 6.07 Å². The van der Waals surface area contributed by atoms with Gasteiger partial charge in [0.05, 0.1) is 13.2 Å². The van der Waals surface area contributed by atoms with Gasteiger partial charge in [-0.25, -0.2) is 9.59 Å². The van der Waals surface area contributed by atoms with Crippen molar-refractivity contribution in [3.63, 3.8) is 0 Å². The SMILES string of the molecule is C=C(C)C(=O)OC.C=C(CC=CC#N)C(=O)O. The number of carboxylic acids is 1. The summed E-state index contributed by atoms with van der Waals surface area (Å²) in [5, 5.41) is 16.3. The molecule has 0 radical (unpaired) electrons. The maximum Gasteiger partial charge on any atom is 0.332 e. The average Bonchev–Trinajstić information content (AvgIpc) is 2.28. The van der Waals surface area contributed by atoms with Gasteiger partial charge in [0.1, 0.15) is 0 Å². The fraction of sp³-hybridized carbons (Fsp3) is 0.250. The van der Waals surface area contributed by atoms with Crippen molar-refractivity contribution in [1.82, 2.24) is 0 Å². The molecule has 0 aliphatic carbocycles. The van der Waals surface area contributed by atoms with Gasteiger partial charge in [0.15, 0.2) is 0 Å². The highest BCUT2D eigenvalue weighted by molar-refractivity contribution is 5.86. The second kappa shape index (κ2) is 10.2. The van der Waals surface area contributed by atoms with Crippen LogP contribution in [0, 0.1) is 11.3 Å². The largest absolute Gasteiger partial charge is 0.478 e. The summed E-state index contributed by atoms with van der Waals surface area (Å²) in [5.74, 6) is -1.37. The van der Waals surface area contributed by atoms with Gasteiger partial charge in [-0.1, -0.05) is 19.2 Å². The molecule has 0 rings (SSSR count). The van der Waals surface area contributed by atoms with Crippen molar-refractivity contribution < 1.29 is 19.4 Å². The van der Waals surface area contributed by atoms with E-state index in [1.165, 1.54) is 19.3 Å². The molecule has 17 heavy (non-hydrogen) atoms. The molecule has 0 aromatic carbocycles. The molecule has 0 saturated heterocycles. The number of carbonyl (C=O) groups is 2. The molecule has 5 nitrogen and oxygen atoms in total. The Kier molecular flexibility index (Phi) is 10.2. The lowest BCUT2D eigenvalue weighted by atomic mass is 10.2. The average molecular weight is 237 g/mol. The molecular formula is C12H15NO4. The van der Waals surface area contributed by atoms with Gasteiger partial charge in [0.25, 0.3) is 0 Å². The normalized spacial score (nSPS) is 8.53. The van der Waals surface area contributed by atoms with Crippen molar-refractivity contribution in [2.75, 3.05) is 7.11 Å². The summed E-state index contributed by atoms with van der Waals surface area (Å²) in [6.45, 7) is 8.22. The highest BCUT2D eigenvalue weighted by atomic mass is 16.5. The molecule has 0 amide bonds. The number of hydrogen-bond donors (Lipinski definition) is 1. The number of aliphatic carboxylic acids is 1. The van der Waals surface area contributed by atoms with E-state index >= 15 is 0 Å². The van der Waals surface area contributed by atoms with Gasteiger partial charge in [-0.05, 0) is 13.3 Å².